The lowest BCUT2D eigenvalue weighted by Gasteiger charge is -2.29. The third kappa shape index (κ3) is 5.58. The highest BCUT2D eigenvalue weighted by atomic mass is 19.2. The van der Waals surface area contributed by atoms with Gasteiger partial charge in [-0.25, -0.2) is 4.39 Å². The molecule has 1 aliphatic carbocycles. The zero-order chi connectivity index (χ0) is 20.6. The molecule has 0 N–H and O–H groups in total. The van der Waals surface area contributed by atoms with E-state index < -0.39 is 11.6 Å². The Kier molecular flexibility index (Phi) is 8.09. The summed E-state index contributed by atoms with van der Waals surface area (Å²) in [6.07, 6.45) is 11.9. The summed E-state index contributed by atoms with van der Waals surface area (Å²) in [6.45, 7) is 4.33. The summed E-state index contributed by atoms with van der Waals surface area (Å²) >= 11 is 0. The Bertz CT molecular complexity index is 761. The maximum absolute atomic E-state index is 14.5. The molecule has 0 radical (unpaired) electrons. The molecule has 0 heterocycles. The Morgan fingerprint density at radius 1 is 0.828 bits per heavy atom. The van der Waals surface area contributed by atoms with Gasteiger partial charge in [0.15, 0.2) is 11.6 Å². The first-order chi connectivity index (χ1) is 14.1. The van der Waals surface area contributed by atoms with Gasteiger partial charge < -0.3 is 4.74 Å². The van der Waals surface area contributed by atoms with Gasteiger partial charge in [-0.2, -0.15) is 4.39 Å². The number of ether oxygens (including phenoxy) is 1. The van der Waals surface area contributed by atoms with Crippen LogP contribution in [-0.2, 0) is 0 Å². The van der Waals surface area contributed by atoms with Gasteiger partial charge >= 0.3 is 0 Å². The summed E-state index contributed by atoms with van der Waals surface area (Å²) in [6, 6.07) is 11.1. The fourth-order valence-corrected chi connectivity index (χ4v) is 4.60. The molecule has 1 aliphatic rings. The van der Waals surface area contributed by atoms with E-state index in [0.717, 1.165) is 5.92 Å². The van der Waals surface area contributed by atoms with Gasteiger partial charge in [0, 0.05) is 5.56 Å². The Morgan fingerprint density at radius 2 is 1.55 bits per heavy atom. The molecule has 3 heteroatoms. The fourth-order valence-electron chi connectivity index (χ4n) is 4.60. The van der Waals surface area contributed by atoms with Gasteiger partial charge in [-0.05, 0) is 67.7 Å². The number of unbranched alkanes of at least 4 members (excludes halogenated alkanes) is 3. The first kappa shape index (κ1) is 21.8. The third-order valence-corrected chi connectivity index (χ3v) is 6.35. The van der Waals surface area contributed by atoms with Crippen LogP contribution in [0.25, 0.3) is 11.1 Å². The normalized spacial score (nSPS) is 19.3. The summed E-state index contributed by atoms with van der Waals surface area (Å²) in [4.78, 5) is 0. The minimum atomic E-state index is -0.911. The van der Waals surface area contributed by atoms with E-state index in [1.165, 1.54) is 69.4 Å². The highest BCUT2D eigenvalue weighted by Gasteiger charge is 2.22. The molecule has 3 rings (SSSR count). The zero-order valence-electron chi connectivity index (χ0n) is 17.9. The van der Waals surface area contributed by atoms with Crippen LogP contribution in [0.15, 0.2) is 36.4 Å². The second-order valence-electron chi connectivity index (χ2n) is 8.36. The van der Waals surface area contributed by atoms with E-state index in [9.17, 15) is 8.78 Å². The van der Waals surface area contributed by atoms with E-state index >= 15 is 0 Å². The summed E-state index contributed by atoms with van der Waals surface area (Å²) in [5, 5.41) is 0. The fraction of sp³-hybridized carbons (Fsp3) is 0.538. The maximum atomic E-state index is 14.5. The van der Waals surface area contributed by atoms with Crippen LogP contribution >= 0.6 is 0 Å². The third-order valence-electron chi connectivity index (χ3n) is 6.35. The van der Waals surface area contributed by atoms with Crippen molar-refractivity contribution in [1.29, 1.82) is 0 Å². The molecule has 158 valence electrons. The van der Waals surface area contributed by atoms with Gasteiger partial charge in [-0.3, -0.25) is 0 Å². The average molecular weight is 401 g/mol. The molecule has 0 unspecified atom stereocenters. The summed E-state index contributed by atoms with van der Waals surface area (Å²) < 4.78 is 33.8. The second-order valence-corrected chi connectivity index (χ2v) is 8.36. The van der Waals surface area contributed by atoms with Crippen molar-refractivity contribution in [2.24, 2.45) is 5.92 Å². The zero-order valence-corrected chi connectivity index (χ0v) is 17.9. The van der Waals surface area contributed by atoms with E-state index in [1.54, 1.807) is 13.0 Å². The SMILES string of the molecule is CCCCCCC1CCC(c2ccc(-c3ccc(OCC)c(F)c3F)cc2)CC1. The van der Waals surface area contributed by atoms with Crippen LogP contribution < -0.4 is 4.74 Å². The molecule has 0 atom stereocenters. The van der Waals surface area contributed by atoms with Crippen LogP contribution in [0.3, 0.4) is 0 Å². The summed E-state index contributed by atoms with van der Waals surface area (Å²) in [7, 11) is 0. The Morgan fingerprint density at radius 3 is 2.21 bits per heavy atom. The second kappa shape index (κ2) is 10.8. The minimum absolute atomic E-state index is 0.0307. The van der Waals surface area contributed by atoms with Crippen molar-refractivity contribution in [2.45, 2.75) is 77.6 Å². The number of halogens is 2. The van der Waals surface area contributed by atoms with Crippen LogP contribution in [-0.4, -0.2) is 6.61 Å². The molecule has 0 aromatic heterocycles. The van der Waals surface area contributed by atoms with Crippen LogP contribution in [0.1, 0.15) is 83.1 Å². The van der Waals surface area contributed by atoms with Crippen molar-refractivity contribution in [3.8, 4) is 16.9 Å². The Labute approximate surface area is 174 Å². The monoisotopic (exact) mass is 400 g/mol. The van der Waals surface area contributed by atoms with Gasteiger partial charge in [-0.15, -0.1) is 0 Å². The number of hydrogen-bond acceptors (Lipinski definition) is 1. The smallest absolute Gasteiger partial charge is 0.201 e. The highest BCUT2D eigenvalue weighted by molar-refractivity contribution is 5.65. The lowest BCUT2D eigenvalue weighted by Crippen LogP contribution is -2.13. The first-order valence-corrected chi connectivity index (χ1v) is 11.3. The molecule has 1 nitrogen and oxygen atoms in total. The molecule has 29 heavy (non-hydrogen) atoms. The number of rotatable bonds is 9. The predicted octanol–water partition coefficient (Wildman–Crippen LogP) is 8.27. The van der Waals surface area contributed by atoms with E-state index in [4.69, 9.17) is 4.74 Å². The van der Waals surface area contributed by atoms with Gasteiger partial charge in [0.2, 0.25) is 5.82 Å². The average Bonchev–Trinajstić information content (AvgIpc) is 2.75. The molecular formula is C26H34F2O. The van der Waals surface area contributed by atoms with Gasteiger partial charge in [0.1, 0.15) is 0 Å². The van der Waals surface area contributed by atoms with Crippen LogP contribution in [0, 0.1) is 17.6 Å². The molecule has 2 aromatic rings. The Hall–Kier alpha value is -1.90. The van der Waals surface area contributed by atoms with Crippen LogP contribution in [0.4, 0.5) is 8.78 Å². The van der Waals surface area contributed by atoms with Crippen LogP contribution in [0.5, 0.6) is 5.75 Å². The molecule has 0 aliphatic heterocycles. The maximum Gasteiger partial charge on any atom is 0.201 e. The highest BCUT2D eigenvalue weighted by Crippen LogP contribution is 2.38. The topological polar surface area (TPSA) is 9.23 Å². The molecule has 1 saturated carbocycles. The largest absolute Gasteiger partial charge is 0.491 e. The van der Waals surface area contributed by atoms with Crippen molar-refractivity contribution < 1.29 is 13.5 Å². The number of benzene rings is 2. The van der Waals surface area contributed by atoms with E-state index in [0.29, 0.717) is 18.1 Å². The standard InChI is InChI=1S/C26H34F2O/c1-3-5-6-7-8-19-9-11-20(12-10-19)21-13-15-22(16-14-21)23-17-18-24(29-4-2)26(28)25(23)27/h13-20H,3-12H2,1-2H3. The number of hydrogen-bond donors (Lipinski definition) is 0. The quantitative estimate of drug-likeness (QED) is 0.385. The van der Waals surface area contributed by atoms with E-state index in [2.05, 4.69) is 19.1 Å². The van der Waals surface area contributed by atoms with Gasteiger partial charge in [0.05, 0.1) is 6.61 Å². The van der Waals surface area contributed by atoms with Gasteiger partial charge in [0.25, 0.3) is 0 Å². The summed E-state index contributed by atoms with van der Waals surface area (Å²) in [5.74, 6) is -0.295. The van der Waals surface area contributed by atoms with Crippen molar-refractivity contribution in [3.63, 3.8) is 0 Å². The summed E-state index contributed by atoms with van der Waals surface area (Å²) in [5.41, 5.74) is 2.32. The lowest BCUT2D eigenvalue weighted by molar-refractivity contribution is 0.302. The van der Waals surface area contributed by atoms with Crippen LogP contribution in [0.2, 0.25) is 0 Å². The lowest BCUT2D eigenvalue weighted by atomic mass is 9.77. The van der Waals surface area contributed by atoms with Crippen molar-refractivity contribution in [3.05, 3.63) is 53.6 Å². The molecule has 0 saturated heterocycles. The van der Waals surface area contributed by atoms with Crippen molar-refractivity contribution in [2.75, 3.05) is 6.61 Å². The van der Waals surface area contributed by atoms with Gasteiger partial charge in [-0.1, -0.05) is 63.3 Å². The van der Waals surface area contributed by atoms with E-state index in [1.807, 2.05) is 12.1 Å². The first-order valence-electron chi connectivity index (χ1n) is 11.3. The molecule has 2 aromatic carbocycles. The minimum Gasteiger partial charge on any atom is -0.491 e. The molecule has 0 amide bonds. The molecule has 0 spiro atoms. The van der Waals surface area contributed by atoms with E-state index in [-0.39, 0.29) is 11.3 Å². The molecular weight excluding hydrogens is 366 g/mol. The molecule has 0 bridgehead atoms. The van der Waals surface area contributed by atoms with Crippen molar-refractivity contribution >= 4 is 0 Å². The predicted molar refractivity (Wildman–Crippen MR) is 116 cm³/mol. The van der Waals surface area contributed by atoms with Crippen molar-refractivity contribution in [1.82, 2.24) is 0 Å². The Balaban J connectivity index is 1.59. The molecule has 1 fully saturated rings.